The van der Waals surface area contributed by atoms with Crippen LogP contribution in [0.4, 0.5) is 5.00 Å². The number of nitrogens with one attached hydrogen (secondary N) is 1. The van der Waals surface area contributed by atoms with Gasteiger partial charge >= 0.3 is 11.9 Å². The van der Waals surface area contributed by atoms with Gasteiger partial charge in [0.05, 0.1) is 24.0 Å². The van der Waals surface area contributed by atoms with Gasteiger partial charge in [0.15, 0.2) is 6.61 Å². The molecule has 2 atom stereocenters. The standard InChI is InChI=1S/C22H26N2O7S/c1-2-30-22(29)18-14-8-5-9-15(14)32-19(18)23-16(25)11-31-17(26)10-24-20(27)12-6-3-4-7-13(12)21(24)28/h12-13H,2-11H2,1H3,(H,23,25)/t12-,13+. The lowest BCUT2D eigenvalue weighted by atomic mass is 9.81. The number of anilines is 1. The Balaban J connectivity index is 1.33. The zero-order chi connectivity index (χ0) is 22.8. The molecule has 0 unspecified atom stereocenters. The van der Waals surface area contributed by atoms with E-state index in [1.165, 1.54) is 11.3 Å². The lowest BCUT2D eigenvalue weighted by Gasteiger charge is -2.19. The highest BCUT2D eigenvalue weighted by Crippen LogP contribution is 2.40. The first kappa shape index (κ1) is 22.4. The van der Waals surface area contributed by atoms with Gasteiger partial charge in [0.2, 0.25) is 11.8 Å². The van der Waals surface area contributed by atoms with E-state index in [1.54, 1.807) is 6.92 Å². The molecule has 32 heavy (non-hydrogen) atoms. The van der Waals surface area contributed by atoms with Gasteiger partial charge in [0, 0.05) is 4.88 Å². The van der Waals surface area contributed by atoms with Crippen molar-refractivity contribution in [2.45, 2.75) is 51.9 Å². The number of likely N-dealkylation sites (tertiary alicyclic amines) is 1. The number of ether oxygens (including phenoxy) is 2. The lowest BCUT2D eigenvalue weighted by Crippen LogP contribution is -2.37. The van der Waals surface area contributed by atoms with Crippen LogP contribution in [0.3, 0.4) is 0 Å². The van der Waals surface area contributed by atoms with Crippen LogP contribution in [0.15, 0.2) is 0 Å². The Kier molecular flexibility index (Phi) is 6.59. The molecule has 1 aliphatic heterocycles. The maximum Gasteiger partial charge on any atom is 0.341 e. The summed E-state index contributed by atoms with van der Waals surface area (Å²) in [4.78, 5) is 63.9. The molecule has 2 heterocycles. The van der Waals surface area contributed by atoms with Crippen LogP contribution in [0.1, 0.15) is 59.8 Å². The van der Waals surface area contributed by atoms with Crippen molar-refractivity contribution in [3.8, 4) is 0 Å². The summed E-state index contributed by atoms with van der Waals surface area (Å²) in [6, 6.07) is 0. The number of hydrogen-bond acceptors (Lipinski definition) is 8. The third kappa shape index (κ3) is 4.28. The molecule has 1 saturated carbocycles. The lowest BCUT2D eigenvalue weighted by molar-refractivity contribution is -0.154. The Bertz CT molecular complexity index is 946. The van der Waals surface area contributed by atoms with Gasteiger partial charge in [-0.1, -0.05) is 12.8 Å². The van der Waals surface area contributed by atoms with Crippen molar-refractivity contribution in [3.05, 3.63) is 16.0 Å². The summed E-state index contributed by atoms with van der Waals surface area (Å²) in [5, 5.41) is 3.03. The van der Waals surface area contributed by atoms with Gasteiger partial charge in [0.1, 0.15) is 11.5 Å². The first-order chi connectivity index (χ1) is 15.4. The highest BCUT2D eigenvalue weighted by Gasteiger charge is 2.48. The number of fused-ring (bicyclic) bond motifs is 2. The molecular formula is C22H26N2O7S. The summed E-state index contributed by atoms with van der Waals surface area (Å²) in [5.74, 6) is -3.23. The number of esters is 2. The number of carbonyl (C=O) groups is 5. The molecule has 3 aliphatic rings. The largest absolute Gasteiger partial charge is 0.462 e. The van der Waals surface area contributed by atoms with E-state index in [1.807, 2.05) is 0 Å². The second-order valence-electron chi connectivity index (χ2n) is 8.25. The van der Waals surface area contributed by atoms with Gasteiger partial charge in [0.25, 0.3) is 5.91 Å². The van der Waals surface area contributed by atoms with E-state index in [-0.39, 0.29) is 30.3 Å². The van der Waals surface area contributed by atoms with Crippen molar-refractivity contribution in [2.24, 2.45) is 11.8 Å². The van der Waals surface area contributed by atoms with Gasteiger partial charge in [-0.15, -0.1) is 11.3 Å². The average molecular weight is 463 g/mol. The highest BCUT2D eigenvalue weighted by atomic mass is 32.1. The number of carbonyl (C=O) groups excluding carboxylic acids is 5. The number of hydrogen-bond donors (Lipinski definition) is 1. The Labute approximate surface area is 189 Å². The fourth-order valence-corrected chi connectivity index (χ4v) is 6.08. The summed E-state index contributed by atoms with van der Waals surface area (Å²) in [5.41, 5.74) is 1.29. The molecule has 0 spiro atoms. The molecule has 172 valence electrons. The predicted octanol–water partition coefficient (Wildman–Crippen LogP) is 2.07. The van der Waals surface area contributed by atoms with Gasteiger partial charge in [-0.05, 0) is 44.6 Å². The SMILES string of the molecule is CCOC(=O)c1c(NC(=O)COC(=O)CN2C(=O)[C@H]3CCCC[C@H]3C2=O)sc2c1CCC2. The van der Waals surface area contributed by atoms with Crippen LogP contribution in [0, 0.1) is 11.8 Å². The first-order valence-corrected chi connectivity index (χ1v) is 11.8. The minimum Gasteiger partial charge on any atom is -0.462 e. The van der Waals surface area contributed by atoms with Crippen LogP contribution in [0.25, 0.3) is 0 Å². The van der Waals surface area contributed by atoms with Crippen LogP contribution in [-0.2, 0) is 41.5 Å². The molecule has 9 nitrogen and oxygen atoms in total. The molecule has 0 bridgehead atoms. The number of amides is 3. The molecule has 1 aromatic heterocycles. The van der Waals surface area contributed by atoms with Crippen molar-refractivity contribution in [1.29, 1.82) is 0 Å². The van der Waals surface area contributed by atoms with Gasteiger partial charge in [-0.25, -0.2) is 4.79 Å². The molecule has 1 aromatic rings. The number of aryl methyl sites for hydroxylation is 1. The number of imide groups is 1. The highest BCUT2D eigenvalue weighted by molar-refractivity contribution is 7.17. The summed E-state index contributed by atoms with van der Waals surface area (Å²) in [6.45, 7) is 0.878. The average Bonchev–Trinajstić information content (AvgIpc) is 3.41. The van der Waals surface area contributed by atoms with Crippen molar-refractivity contribution in [3.63, 3.8) is 0 Å². The summed E-state index contributed by atoms with van der Waals surface area (Å²) in [6.07, 6.45) is 5.68. The maximum atomic E-state index is 12.5. The van der Waals surface area contributed by atoms with Crippen molar-refractivity contribution in [2.75, 3.05) is 25.1 Å². The van der Waals surface area contributed by atoms with Crippen LogP contribution in [0.2, 0.25) is 0 Å². The smallest absolute Gasteiger partial charge is 0.341 e. The van der Waals surface area contributed by atoms with Crippen LogP contribution >= 0.6 is 11.3 Å². The van der Waals surface area contributed by atoms with Crippen LogP contribution in [-0.4, -0.2) is 54.3 Å². The van der Waals surface area contributed by atoms with Crippen LogP contribution < -0.4 is 5.32 Å². The maximum absolute atomic E-state index is 12.5. The molecule has 4 rings (SSSR count). The summed E-state index contributed by atoms with van der Waals surface area (Å²) >= 11 is 1.33. The Morgan fingerprint density at radius 3 is 2.38 bits per heavy atom. The third-order valence-electron chi connectivity index (χ3n) is 6.24. The van der Waals surface area contributed by atoms with E-state index in [2.05, 4.69) is 5.32 Å². The molecule has 1 saturated heterocycles. The second kappa shape index (κ2) is 9.40. The normalized spacial score (nSPS) is 21.8. The zero-order valence-electron chi connectivity index (χ0n) is 17.9. The van der Waals surface area contributed by atoms with Gasteiger partial charge in [-0.2, -0.15) is 0 Å². The van der Waals surface area contributed by atoms with Gasteiger partial charge in [-0.3, -0.25) is 24.1 Å². The van der Waals surface area contributed by atoms with Crippen molar-refractivity contribution >= 4 is 46.0 Å². The summed E-state index contributed by atoms with van der Waals surface area (Å²) in [7, 11) is 0. The molecule has 2 aliphatic carbocycles. The van der Waals surface area contributed by atoms with E-state index in [0.29, 0.717) is 23.4 Å². The predicted molar refractivity (Wildman–Crippen MR) is 114 cm³/mol. The number of thiophene rings is 1. The monoisotopic (exact) mass is 462 g/mol. The molecule has 0 radical (unpaired) electrons. The van der Waals surface area contributed by atoms with Crippen molar-refractivity contribution < 1.29 is 33.4 Å². The Morgan fingerprint density at radius 1 is 1.03 bits per heavy atom. The van der Waals surface area contributed by atoms with E-state index in [4.69, 9.17) is 9.47 Å². The third-order valence-corrected chi connectivity index (χ3v) is 7.44. The minimum atomic E-state index is -0.820. The van der Waals surface area contributed by atoms with Gasteiger partial charge < -0.3 is 14.8 Å². The molecule has 10 heteroatoms. The summed E-state index contributed by atoms with van der Waals surface area (Å²) < 4.78 is 10.1. The number of rotatable bonds is 7. The molecule has 1 N–H and O–H groups in total. The topological polar surface area (TPSA) is 119 Å². The Hall–Kier alpha value is -2.75. The fourth-order valence-electron chi connectivity index (χ4n) is 4.78. The quantitative estimate of drug-likeness (QED) is 0.487. The molecule has 2 fully saturated rings. The van der Waals surface area contributed by atoms with E-state index in [0.717, 1.165) is 47.4 Å². The molecular weight excluding hydrogens is 436 g/mol. The zero-order valence-corrected chi connectivity index (χ0v) is 18.8. The minimum absolute atomic E-state index is 0.226. The van der Waals surface area contributed by atoms with E-state index >= 15 is 0 Å². The second-order valence-corrected chi connectivity index (χ2v) is 9.36. The molecule has 3 amide bonds. The van der Waals surface area contributed by atoms with E-state index < -0.39 is 31.0 Å². The first-order valence-electron chi connectivity index (χ1n) is 11.0. The van der Waals surface area contributed by atoms with Crippen LogP contribution in [0.5, 0.6) is 0 Å². The molecule has 0 aromatic carbocycles. The van der Waals surface area contributed by atoms with Crippen molar-refractivity contribution in [1.82, 2.24) is 4.90 Å². The number of nitrogens with zero attached hydrogens (tertiary/aromatic N) is 1. The van der Waals surface area contributed by atoms with E-state index in [9.17, 15) is 24.0 Å². The fraction of sp³-hybridized carbons (Fsp3) is 0.591. The Morgan fingerprint density at radius 2 is 1.72 bits per heavy atom.